The van der Waals surface area contributed by atoms with Crippen molar-refractivity contribution in [3.63, 3.8) is 0 Å². The van der Waals surface area contributed by atoms with Gasteiger partial charge in [0.1, 0.15) is 0 Å². The highest BCUT2D eigenvalue weighted by Crippen LogP contribution is 2.59. The average molecular weight is 603 g/mol. The number of hydrogen-bond donors (Lipinski definition) is 1. The van der Waals surface area contributed by atoms with E-state index >= 15 is 0 Å². The molecule has 4 aromatic carbocycles. The van der Waals surface area contributed by atoms with Crippen molar-refractivity contribution in [2.45, 2.75) is 80.8 Å². The van der Waals surface area contributed by atoms with Crippen molar-refractivity contribution in [1.82, 2.24) is 0 Å². The van der Waals surface area contributed by atoms with Gasteiger partial charge in [-0.25, -0.2) is 0 Å². The topological polar surface area (TPSA) is 66.6 Å². The van der Waals surface area contributed by atoms with Crippen LogP contribution in [0.4, 0.5) is 5.69 Å². The molecule has 1 N–H and O–H groups in total. The minimum absolute atomic E-state index is 0.0662. The highest BCUT2D eigenvalue weighted by Gasteiger charge is 2.55. The lowest BCUT2D eigenvalue weighted by Crippen LogP contribution is -2.45. The highest BCUT2D eigenvalue weighted by molar-refractivity contribution is 7.85. The molecule has 3 unspecified atom stereocenters. The Morgan fingerprint density at radius 3 is 2.41 bits per heavy atom. The molecule has 0 aromatic heterocycles. The zero-order chi connectivity index (χ0) is 30.3. The molecular formula is C38H36NO4S+. The van der Waals surface area contributed by atoms with Gasteiger partial charge in [0.05, 0.1) is 22.5 Å². The lowest BCUT2D eigenvalue weighted by molar-refractivity contribution is -0.445. The summed E-state index contributed by atoms with van der Waals surface area (Å²) in [4.78, 5) is -0.0662. The quantitative estimate of drug-likeness (QED) is 0.178. The SMILES string of the molecule is CC1(C)C2=C3C=C4C5=[N+](CCC4OC3CCC2c2ccc3cc(S(=O)(=O)O)ccc3c21)c1ccc2ccccc2c1C5(C)C. The summed E-state index contributed by atoms with van der Waals surface area (Å²) in [7, 11) is -4.27. The smallest absolute Gasteiger partial charge is 0.294 e. The zero-order valence-corrected chi connectivity index (χ0v) is 26.3. The summed E-state index contributed by atoms with van der Waals surface area (Å²) in [5, 5.41) is 4.51. The maximum absolute atomic E-state index is 11.9. The Hall–Kier alpha value is -3.58. The third-order valence-corrected chi connectivity index (χ3v) is 12.1. The summed E-state index contributed by atoms with van der Waals surface area (Å²) in [6.07, 6.45) is 5.70. The van der Waals surface area contributed by atoms with E-state index in [2.05, 4.69) is 80.8 Å². The third-order valence-electron chi connectivity index (χ3n) is 11.3. The molecule has 0 fully saturated rings. The molecule has 4 aromatic rings. The summed E-state index contributed by atoms with van der Waals surface area (Å²) in [5.74, 6) is 0.302. The molecule has 9 rings (SSSR count). The van der Waals surface area contributed by atoms with Crippen molar-refractivity contribution >= 4 is 43.1 Å². The van der Waals surface area contributed by atoms with Gasteiger partial charge in [0.15, 0.2) is 12.3 Å². The number of hydrogen-bond acceptors (Lipinski definition) is 3. The Balaban J connectivity index is 1.24. The van der Waals surface area contributed by atoms with Crippen LogP contribution in [0.3, 0.4) is 0 Å². The number of fused-ring (bicyclic) bond motifs is 12. The van der Waals surface area contributed by atoms with Crippen LogP contribution in [0.15, 0.2) is 94.4 Å². The maximum atomic E-state index is 11.9. The largest absolute Gasteiger partial charge is 0.365 e. The predicted molar refractivity (Wildman–Crippen MR) is 174 cm³/mol. The van der Waals surface area contributed by atoms with E-state index in [0.29, 0.717) is 5.92 Å². The lowest BCUT2D eigenvalue weighted by Gasteiger charge is -2.41. The van der Waals surface area contributed by atoms with Crippen molar-refractivity contribution in [2.24, 2.45) is 0 Å². The molecule has 44 heavy (non-hydrogen) atoms. The molecule has 0 amide bonds. The molecule has 0 radical (unpaired) electrons. The van der Waals surface area contributed by atoms with Gasteiger partial charge in [-0.2, -0.15) is 13.0 Å². The summed E-state index contributed by atoms with van der Waals surface area (Å²) in [6, 6.07) is 22.5. The molecule has 0 saturated carbocycles. The van der Waals surface area contributed by atoms with Gasteiger partial charge in [-0.05, 0) is 94.8 Å². The number of ether oxygens (including phenoxy) is 1. The third kappa shape index (κ3) is 3.37. The number of nitrogens with zero attached hydrogens (tertiary/aromatic N) is 1. The molecule has 5 nitrogen and oxygen atoms in total. The fourth-order valence-electron chi connectivity index (χ4n) is 9.71. The lowest BCUT2D eigenvalue weighted by atomic mass is 9.69. The van der Waals surface area contributed by atoms with Gasteiger partial charge in [0.25, 0.3) is 10.1 Å². The van der Waals surface area contributed by atoms with Crippen molar-refractivity contribution in [1.29, 1.82) is 0 Å². The molecule has 0 spiro atoms. The van der Waals surface area contributed by atoms with Gasteiger partial charge in [-0.3, -0.25) is 4.55 Å². The average Bonchev–Trinajstić information content (AvgIpc) is 3.39. The minimum atomic E-state index is -4.27. The van der Waals surface area contributed by atoms with Gasteiger partial charge < -0.3 is 4.74 Å². The summed E-state index contributed by atoms with van der Waals surface area (Å²) < 4.78 is 43.1. The molecule has 3 heterocycles. The van der Waals surface area contributed by atoms with E-state index in [1.54, 1.807) is 6.07 Å². The van der Waals surface area contributed by atoms with Gasteiger partial charge in [0.2, 0.25) is 5.69 Å². The second kappa shape index (κ2) is 8.57. The number of rotatable bonds is 1. The van der Waals surface area contributed by atoms with Crippen LogP contribution in [-0.4, -0.2) is 42.0 Å². The van der Waals surface area contributed by atoms with E-state index in [0.717, 1.165) is 36.6 Å². The second-order valence-corrected chi connectivity index (χ2v) is 15.7. The molecule has 0 saturated heterocycles. The molecule has 2 aliphatic carbocycles. The fourth-order valence-corrected chi connectivity index (χ4v) is 10.2. The normalized spacial score (nSPS) is 26.1. The van der Waals surface area contributed by atoms with Crippen molar-refractivity contribution in [3.8, 4) is 0 Å². The van der Waals surface area contributed by atoms with Crippen LogP contribution in [0.2, 0.25) is 0 Å². The Kier molecular flexibility index (Phi) is 5.22. The molecular weight excluding hydrogens is 566 g/mol. The zero-order valence-electron chi connectivity index (χ0n) is 25.5. The number of allylic oxidation sites excluding steroid dienone is 1. The number of benzene rings is 4. The Morgan fingerprint density at radius 1 is 0.818 bits per heavy atom. The molecule has 5 aliphatic rings. The van der Waals surface area contributed by atoms with Crippen molar-refractivity contribution < 1.29 is 22.3 Å². The Bertz CT molecular complexity index is 2200. The van der Waals surface area contributed by atoms with Crippen LogP contribution in [0.25, 0.3) is 21.5 Å². The van der Waals surface area contributed by atoms with Gasteiger partial charge in [-0.1, -0.05) is 56.3 Å². The first-order chi connectivity index (χ1) is 21.0. The minimum Gasteiger partial charge on any atom is -0.365 e. The molecule has 222 valence electrons. The predicted octanol–water partition coefficient (Wildman–Crippen LogP) is 7.88. The van der Waals surface area contributed by atoms with E-state index in [1.165, 1.54) is 61.6 Å². The first kappa shape index (κ1) is 26.8. The standard InChI is InChI=1S/C38H35NO4S/c1-37(2)33-25-13-11-23(44(40,41)42)19-22(25)9-12-26(33)27-14-16-31-28(34(27)37)20-29-32(43-31)17-18-39-30-15-10-21-7-5-6-8-24(21)35(30)38(3,4)36(29)39/h5-13,15,19-20,27,31-32H,14,16-18H2,1-4H3/p+1. The summed E-state index contributed by atoms with van der Waals surface area (Å²) in [6.45, 7) is 10.4. The van der Waals surface area contributed by atoms with E-state index < -0.39 is 10.1 Å². The Labute approximate surface area is 258 Å². The van der Waals surface area contributed by atoms with E-state index in [-0.39, 0.29) is 27.9 Å². The first-order valence-electron chi connectivity index (χ1n) is 15.8. The van der Waals surface area contributed by atoms with Crippen molar-refractivity contribution in [2.75, 3.05) is 6.54 Å². The fraction of sp³-hybridized carbons (Fsp3) is 0.342. The van der Waals surface area contributed by atoms with Crippen LogP contribution >= 0.6 is 0 Å². The van der Waals surface area contributed by atoms with Gasteiger partial charge in [-0.15, -0.1) is 0 Å². The van der Waals surface area contributed by atoms with E-state index in [4.69, 9.17) is 4.74 Å². The summed E-state index contributed by atoms with van der Waals surface area (Å²) in [5.41, 5.74) is 10.4. The molecule has 6 heteroatoms. The van der Waals surface area contributed by atoms with Crippen LogP contribution in [0.1, 0.15) is 69.6 Å². The van der Waals surface area contributed by atoms with Crippen LogP contribution in [0.5, 0.6) is 0 Å². The van der Waals surface area contributed by atoms with Crippen molar-refractivity contribution in [3.05, 3.63) is 106 Å². The monoisotopic (exact) mass is 602 g/mol. The molecule has 3 atom stereocenters. The highest BCUT2D eigenvalue weighted by atomic mass is 32.2. The Morgan fingerprint density at radius 2 is 1.59 bits per heavy atom. The second-order valence-electron chi connectivity index (χ2n) is 14.3. The maximum Gasteiger partial charge on any atom is 0.294 e. The van der Waals surface area contributed by atoms with E-state index in [9.17, 15) is 13.0 Å². The van der Waals surface area contributed by atoms with Crippen LogP contribution in [0, 0.1) is 0 Å². The van der Waals surface area contributed by atoms with Gasteiger partial charge >= 0.3 is 0 Å². The van der Waals surface area contributed by atoms with Gasteiger partial charge in [0, 0.05) is 35.0 Å². The summed E-state index contributed by atoms with van der Waals surface area (Å²) >= 11 is 0. The first-order valence-corrected chi connectivity index (χ1v) is 17.2. The molecule has 0 bridgehead atoms. The van der Waals surface area contributed by atoms with E-state index in [1.807, 2.05) is 12.1 Å². The molecule has 3 aliphatic heterocycles. The van der Waals surface area contributed by atoms with Crippen LogP contribution in [-0.2, 0) is 25.7 Å². The van der Waals surface area contributed by atoms with Crippen LogP contribution < -0.4 is 0 Å².